The summed E-state index contributed by atoms with van der Waals surface area (Å²) in [6.07, 6.45) is 1.54. The van der Waals surface area contributed by atoms with Gasteiger partial charge in [-0.25, -0.2) is 0 Å². The van der Waals surface area contributed by atoms with E-state index >= 15 is 0 Å². The van der Waals surface area contributed by atoms with E-state index in [9.17, 15) is 5.11 Å². The van der Waals surface area contributed by atoms with Crippen LogP contribution >= 0.6 is 15.9 Å². The van der Waals surface area contributed by atoms with Crippen molar-refractivity contribution in [3.8, 4) is 5.75 Å². The summed E-state index contributed by atoms with van der Waals surface area (Å²) < 4.78 is 0.985. The van der Waals surface area contributed by atoms with E-state index in [1.165, 1.54) is 11.3 Å². The number of hydrogen-bond acceptors (Lipinski definition) is 3. The first-order chi connectivity index (χ1) is 7.95. The van der Waals surface area contributed by atoms with Crippen LogP contribution in [0.25, 0.3) is 0 Å². The van der Waals surface area contributed by atoms with E-state index in [0.717, 1.165) is 17.4 Å². The van der Waals surface area contributed by atoms with Gasteiger partial charge in [0.1, 0.15) is 5.75 Å². The monoisotopic (exact) mass is 296 g/mol. The molecule has 1 fully saturated rings. The number of hydrogen-bond donors (Lipinski definition) is 1. The van der Waals surface area contributed by atoms with Crippen LogP contribution in [-0.2, 0) is 5.41 Å². The van der Waals surface area contributed by atoms with Gasteiger partial charge in [0.15, 0.2) is 0 Å². The van der Waals surface area contributed by atoms with Crippen molar-refractivity contribution in [2.45, 2.75) is 24.9 Å². The summed E-state index contributed by atoms with van der Waals surface area (Å²) in [5.41, 5.74) is 2.61. The summed E-state index contributed by atoms with van der Waals surface area (Å²) in [7, 11) is 4.31. The number of rotatable bonds is 0. The topological polar surface area (TPSA) is 26.7 Å². The van der Waals surface area contributed by atoms with Gasteiger partial charge >= 0.3 is 0 Å². The average molecular weight is 297 g/mol. The standard InChI is InChI=1S/C13H17BrN2O/c1-13-4-5-15(2)12(13)16(3)11-9(13)6-8(17)7-10(11)14/h6-7,12,17H,4-5H2,1-3H3/t12?,13-/m0/s1. The second kappa shape index (κ2) is 3.39. The summed E-state index contributed by atoms with van der Waals surface area (Å²) >= 11 is 3.57. The van der Waals surface area contributed by atoms with Gasteiger partial charge in [-0.2, -0.15) is 0 Å². The number of fused-ring (bicyclic) bond motifs is 3. The van der Waals surface area contributed by atoms with Crippen molar-refractivity contribution in [2.24, 2.45) is 0 Å². The van der Waals surface area contributed by atoms with Gasteiger partial charge in [0.2, 0.25) is 0 Å². The molecule has 1 N–H and O–H groups in total. The lowest BCUT2D eigenvalue weighted by Gasteiger charge is -2.32. The van der Waals surface area contributed by atoms with Gasteiger partial charge in [-0.05, 0) is 47.1 Å². The highest BCUT2D eigenvalue weighted by molar-refractivity contribution is 9.10. The third kappa shape index (κ3) is 1.31. The quantitative estimate of drug-likeness (QED) is 0.797. The van der Waals surface area contributed by atoms with E-state index in [1.807, 2.05) is 6.07 Å². The molecule has 2 aliphatic rings. The van der Waals surface area contributed by atoms with Gasteiger partial charge in [0.05, 0.1) is 11.9 Å². The van der Waals surface area contributed by atoms with E-state index in [2.05, 4.69) is 46.7 Å². The van der Waals surface area contributed by atoms with E-state index in [4.69, 9.17) is 0 Å². The number of phenolic OH excluding ortho intramolecular Hbond substituents is 1. The zero-order chi connectivity index (χ0) is 12.4. The molecule has 1 aromatic rings. The van der Waals surface area contributed by atoms with Crippen LogP contribution in [0.2, 0.25) is 0 Å². The summed E-state index contributed by atoms with van der Waals surface area (Å²) in [6, 6.07) is 3.70. The third-order valence-corrected chi connectivity index (χ3v) is 4.96. The summed E-state index contributed by atoms with van der Waals surface area (Å²) in [5.74, 6) is 0.348. The highest BCUT2D eigenvalue weighted by Crippen LogP contribution is 2.54. The molecule has 2 atom stereocenters. The number of halogens is 1. The Bertz CT molecular complexity index is 491. The number of likely N-dealkylation sites (tertiary alicyclic amines) is 1. The van der Waals surface area contributed by atoms with Crippen LogP contribution in [0.1, 0.15) is 18.9 Å². The van der Waals surface area contributed by atoms with Crippen molar-refractivity contribution in [1.29, 1.82) is 0 Å². The minimum absolute atomic E-state index is 0.125. The molecule has 0 aliphatic carbocycles. The fraction of sp³-hybridized carbons (Fsp3) is 0.538. The Morgan fingerprint density at radius 3 is 2.82 bits per heavy atom. The molecule has 0 aromatic heterocycles. The maximum atomic E-state index is 9.80. The largest absolute Gasteiger partial charge is 0.508 e. The zero-order valence-corrected chi connectivity index (χ0v) is 12.0. The Kier molecular flexibility index (Phi) is 2.26. The Morgan fingerprint density at radius 1 is 1.41 bits per heavy atom. The molecule has 2 aliphatic heterocycles. The minimum Gasteiger partial charge on any atom is -0.508 e. The normalized spacial score (nSPS) is 31.8. The first-order valence-corrected chi connectivity index (χ1v) is 6.70. The van der Waals surface area contributed by atoms with Gasteiger partial charge in [0, 0.05) is 23.5 Å². The fourth-order valence-electron chi connectivity index (χ4n) is 3.64. The molecule has 0 spiro atoms. The van der Waals surface area contributed by atoms with E-state index < -0.39 is 0 Å². The number of likely N-dealkylation sites (N-methyl/N-ethyl adjacent to an activating group) is 2. The van der Waals surface area contributed by atoms with E-state index in [1.54, 1.807) is 6.07 Å². The number of benzene rings is 1. The molecule has 92 valence electrons. The van der Waals surface area contributed by atoms with Crippen molar-refractivity contribution in [3.05, 3.63) is 22.2 Å². The predicted molar refractivity (Wildman–Crippen MR) is 72.6 cm³/mol. The summed E-state index contributed by atoms with van der Waals surface area (Å²) in [5, 5.41) is 9.80. The van der Waals surface area contributed by atoms with E-state index in [0.29, 0.717) is 11.9 Å². The van der Waals surface area contributed by atoms with Crippen LogP contribution < -0.4 is 4.90 Å². The summed E-state index contributed by atoms with van der Waals surface area (Å²) in [6.45, 7) is 3.41. The molecule has 1 aromatic carbocycles. The van der Waals surface area contributed by atoms with Crippen molar-refractivity contribution in [1.82, 2.24) is 4.90 Å². The molecule has 17 heavy (non-hydrogen) atoms. The first-order valence-electron chi connectivity index (χ1n) is 5.91. The molecule has 0 saturated carbocycles. The first kappa shape index (κ1) is 11.4. The number of anilines is 1. The highest BCUT2D eigenvalue weighted by atomic mass is 79.9. The molecular weight excluding hydrogens is 280 g/mol. The second-order valence-electron chi connectivity index (χ2n) is 5.46. The highest BCUT2D eigenvalue weighted by Gasteiger charge is 2.52. The number of aromatic hydroxyl groups is 1. The Balaban J connectivity index is 2.25. The third-order valence-electron chi connectivity index (χ3n) is 4.35. The number of nitrogens with zero attached hydrogens (tertiary/aromatic N) is 2. The van der Waals surface area contributed by atoms with Gasteiger partial charge in [-0.3, -0.25) is 4.90 Å². The van der Waals surface area contributed by atoms with Crippen LogP contribution in [0.15, 0.2) is 16.6 Å². The zero-order valence-electron chi connectivity index (χ0n) is 10.4. The van der Waals surface area contributed by atoms with Gasteiger partial charge in [-0.15, -0.1) is 0 Å². The van der Waals surface area contributed by atoms with Crippen molar-refractivity contribution >= 4 is 21.6 Å². The molecule has 2 heterocycles. The van der Waals surface area contributed by atoms with Crippen molar-refractivity contribution < 1.29 is 5.11 Å². The molecule has 1 unspecified atom stereocenters. The Labute approximate surface area is 110 Å². The molecular formula is C13H17BrN2O. The summed E-state index contributed by atoms with van der Waals surface area (Å²) in [4.78, 5) is 4.72. The van der Waals surface area contributed by atoms with Gasteiger partial charge in [0.25, 0.3) is 0 Å². The lowest BCUT2D eigenvalue weighted by molar-refractivity contribution is 0.268. The molecule has 0 radical (unpaired) electrons. The Hall–Kier alpha value is -0.740. The lowest BCUT2D eigenvalue weighted by atomic mass is 9.81. The maximum Gasteiger partial charge on any atom is 0.117 e. The second-order valence-corrected chi connectivity index (χ2v) is 6.31. The van der Waals surface area contributed by atoms with Gasteiger partial charge in [-0.1, -0.05) is 6.92 Å². The molecule has 3 rings (SSSR count). The molecule has 4 heteroatoms. The van der Waals surface area contributed by atoms with Crippen molar-refractivity contribution in [3.63, 3.8) is 0 Å². The van der Waals surface area contributed by atoms with Crippen LogP contribution in [0.5, 0.6) is 5.75 Å². The smallest absolute Gasteiger partial charge is 0.117 e. The molecule has 1 saturated heterocycles. The van der Waals surface area contributed by atoms with Crippen LogP contribution in [-0.4, -0.2) is 36.8 Å². The lowest BCUT2D eigenvalue weighted by Crippen LogP contribution is -2.45. The molecule has 3 nitrogen and oxygen atoms in total. The van der Waals surface area contributed by atoms with Crippen LogP contribution in [0.4, 0.5) is 5.69 Å². The fourth-order valence-corrected chi connectivity index (χ4v) is 4.37. The maximum absolute atomic E-state index is 9.80. The minimum atomic E-state index is 0.125. The van der Waals surface area contributed by atoms with Gasteiger partial charge < -0.3 is 10.0 Å². The number of phenols is 1. The van der Waals surface area contributed by atoms with Crippen molar-refractivity contribution in [2.75, 3.05) is 25.5 Å². The average Bonchev–Trinajstić information content (AvgIpc) is 2.64. The molecule has 0 amide bonds. The predicted octanol–water partition coefficient (Wildman–Crippen LogP) is 2.52. The Morgan fingerprint density at radius 2 is 2.12 bits per heavy atom. The van der Waals surface area contributed by atoms with Crippen LogP contribution in [0, 0.1) is 0 Å². The molecule has 0 bridgehead atoms. The van der Waals surface area contributed by atoms with Crippen LogP contribution in [0.3, 0.4) is 0 Å². The SMILES string of the molecule is CN1CC[C@@]2(C)c3cc(O)cc(Br)c3N(C)C12. The van der Waals surface area contributed by atoms with E-state index in [-0.39, 0.29) is 5.41 Å².